The van der Waals surface area contributed by atoms with Gasteiger partial charge in [-0.15, -0.1) is 11.3 Å². The Balaban J connectivity index is 2.04. The Morgan fingerprint density at radius 2 is 2.28 bits per heavy atom. The van der Waals surface area contributed by atoms with Crippen LogP contribution in [0.5, 0.6) is 0 Å². The largest absolute Gasteiger partial charge is 0.296 e. The summed E-state index contributed by atoms with van der Waals surface area (Å²) in [5, 5.41) is 1.27. The molecule has 1 aliphatic heterocycles. The molecular formula is C14H24N2S2. The molecular weight excluding hydrogens is 260 g/mol. The third kappa shape index (κ3) is 3.49. The zero-order valence-corrected chi connectivity index (χ0v) is 13.4. The maximum atomic E-state index is 4.83. The van der Waals surface area contributed by atoms with Gasteiger partial charge in [0, 0.05) is 17.2 Å². The fourth-order valence-electron chi connectivity index (χ4n) is 2.67. The number of nitrogens with zero attached hydrogens (tertiary/aromatic N) is 2. The lowest BCUT2D eigenvalue weighted by atomic mass is 10.0. The fourth-order valence-corrected chi connectivity index (χ4v) is 4.15. The predicted octanol–water partition coefficient (Wildman–Crippen LogP) is 3.93. The minimum atomic E-state index is 0.512. The maximum absolute atomic E-state index is 4.83. The second-order valence-electron chi connectivity index (χ2n) is 5.71. The Labute approximate surface area is 120 Å². The number of aromatic nitrogens is 1. The molecule has 0 aliphatic carbocycles. The first-order chi connectivity index (χ1) is 8.60. The number of piperidine rings is 1. The minimum absolute atomic E-state index is 0.512. The summed E-state index contributed by atoms with van der Waals surface area (Å²) in [7, 11) is 0. The average molecular weight is 284 g/mol. The van der Waals surface area contributed by atoms with Crippen molar-refractivity contribution in [2.75, 3.05) is 13.1 Å². The first kappa shape index (κ1) is 14.4. The van der Waals surface area contributed by atoms with E-state index < -0.39 is 0 Å². The van der Waals surface area contributed by atoms with Gasteiger partial charge >= 0.3 is 0 Å². The molecule has 1 atom stereocenters. The number of thiol groups is 1. The van der Waals surface area contributed by atoms with E-state index in [1.165, 1.54) is 41.5 Å². The van der Waals surface area contributed by atoms with Crippen LogP contribution in [0.25, 0.3) is 0 Å². The van der Waals surface area contributed by atoms with Gasteiger partial charge in [-0.1, -0.05) is 20.8 Å². The van der Waals surface area contributed by atoms with Gasteiger partial charge in [-0.25, -0.2) is 4.98 Å². The molecule has 2 rings (SSSR count). The third-order valence-corrected chi connectivity index (χ3v) is 5.15. The lowest BCUT2D eigenvalue weighted by Crippen LogP contribution is -2.33. The van der Waals surface area contributed by atoms with E-state index in [1.54, 1.807) is 0 Å². The summed E-state index contributed by atoms with van der Waals surface area (Å²) in [6.07, 6.45) is 2.72. The van der Waals surface area contributed by atoms with Crippen molar-refractivity contribution in [2.24, 2.45) is 5.92 Å². The Morgan fingerprint density at radius 1 is 1.50 bits per heavy atom. The zero-order chi connectivity index (χ0) is 13.1. The number of likely N-dealkylation sites (tertiary alicyclic amines) is 1. The second-order valence-corrected chi connectivity index (χ2v) is 7.20. The van der Waals surface area contributed by atoms with E-state index in [2.05, 4.69) is 38.3 Å². The van der Waals surface area contributed by atoms with Crippen molar-refractivity contribution in [3.8, 4) is 0 Å². The molecule has 0 radical (unpaired) electrons. The van der Waals surface area contributed by atoms with Crippen molar-refractivity contribution in [1.29, 1.82) is 0 Å². The molecule has 1 unspecified atom stereocenters. The predicted molar refractivity (Wildman–Crippen MR) is 82.6 cm³/mol. The highest BCUT2D eigenvalue weighted by Gasteiger charge is 2.19. The number of hydrogen-bond donors (Lipinski definition) is 1. The summed E-state index contributed by atoms with van der Waals surface area (Å²) in [5.74, 6) is 2.17. The molecule has 102 valence electrons. The second kappa shape index (κ2) is 6.40. The zero-order valence-electron chi connectivity index (χ0n) is 11.6. The molecule has 18 heavy (non-hydrogen) atoms. The van der Waals surface area contributed by atoms with Gasteiger partial charge in [0.25, 0.3) is 0 Å². The quantitative estimate of drug-likeness (QED) is 0.843. The fraction of sp³-hybridized carbons (Fsp3) is 0.786. The summed E-state index contributed by atoms with van der Waals surface area (Å²) < 4.78 is 0. The molecule has 2 heterocycles. The molecule has 2 nitrogen and oxygen atoms in total. The van der Waals surface area contributed by atoms with E-state index in [0.29, 0.717) is 5.92 Å². The molecule has 0 saturated carbocycles. The topological polar surface area (TPSA) is 16.1 Å². The minimum Gasteiger partial charge on any atom is -0.296 e. The summed E-state index contributed by atoms with van der Waals surface area (Å²) in [6, 6.07) is 0. The van der Waals surface area contributed by atoms with E-state index in [9.17, 15) is 0 Å². The van der Waals surface area contributed by atoms with Crippen molar-refractivity contribution in [1.82, 2.24) is 9.88 Å². The van der Waals surface area contributed by atoms with Crippen LogP contribution < -0.4 is 0 Å². The van der Waals surface area contributed by atoms with E-state index in [-0.39, 0.29) is 0 Å². The van der Waals surface area contributed by atoms with Crippen LogP contribution in [-0.4, -0.2) is 23.0 Å². The normalized spacial score (nSPS) is 21.7. The van der Waals surface area contributed by atoms with Gasteiger partial charge in [-0.3, -0.25) is 4.90 Å². The third-order valence-electron chi connectivity index (χ3n) is 3.56. The van der Waals surface area contributed by atoms with Crippen LogP contribution in [-0.2, 0) is 12.3 Å². The highest BCUT2D eigenvalue weighted by molar-refractivity contribution is 7.79. The number of hydrogen-bond acceptors (Lipinski definition) is 4. The van der Waals surface area contributed by atoms with Crippen molar-refractivity contribution < 1.29 is 0 Å². The van der Waals surface area contributed by atoms with E-state index >= 15 is 0 Å². The Morgan fingerprint density at radius 3 is 2.83 bits per heavy atom. The van der Waals surface area contributed by atoms with E-state index in [1.807, 2.05) is 11.3 Å². The van der Waals surface area contributed by atoms with Crippen LogP contribution in [0.15, 0.2) is 0 Å². The first-order valence-electron chi connectivity index (χ1n) is 6.91. The summed E-state index contributed by atoms with van der Waals surface area (Å²) in [5.41, 5.74) is 1.26. The lowest BCUT2D eigenvalue weighted by Gasteiger charge is -2.29. The number of thiazole rings is 1. The maximum Gasteiger partial charge on any atom is 0.107 e. The van der Waals surface area contributed by atoms with Crippen molar-refractivity contribution >= 4 is 24.0 Å². The van der Waals surface area contributed by atoms with Crippen LogP contribution in [0.1, 0.15) is 55.1 Å². The summed E-state index contributed by atoms with van der Waals surface area (Å²) in [4.78, 5) is 8.74. The smallest absolute Gasteiger partial charge is 0.107 e. The monoisotopic (exact) mass is 284 g/mol. The van der Waals surface area contributed by atoms with Crippen LogP contribution in [0.2, 0.25) is 0 Å². The van der Waals surface area contributed by atoms with E-state index in [4.69, 9.17) is 4.98 Å². The van der Waals surface area contributed by atoms with Gasteiger partial charge in [-0.2, -0.15) is 12.6 Å². The summed E-state index contributed by atoms with van der Waals surface area (Å²) >= 11 is 6.28. The van der Waals surface area contributed by atoms with E-state index in [0.717, 1.165) is 18.2 Å². The molecule has 1 saturated heterocycles. The van der Waals surface area contributed by atoms with Crippen LogP contribution >= 0.6 is 24.0 Å². The summed E-state index contributed by atoms with van der Waals surface area (Å²) in [6.45, 7) is 10.3. The molecule has 1 fully saturated rings. The standard InChI is InChI=1S/C14H24N2S2/c1-10(2)14-12(9-17)18-13(15-14)8-16-6-4-5-11(3)7-16/h10-11,17H,4-9H2,1-3H3. The molecule has 0 amide bonds. The molecule has 1 aromatic rings. The van der Waals surface area contributed by atoms with Gasteiger partial charge in [0.1, 0.15) is 5.01 Å². The van der Waals surface area contributed by atoms with Crippen molar-refractivity contribution in [3.63, 3.8) is 0 Å². The van der Waals surface area contributed by atoms with Gasteiger partial charge in [-0.05, 0) is 31.2 Å². The van der Waals surface area contributed by atoms with Crippen molar-refractivity contribution in [3.05, 3.63) is 15.6 Å². The Bertz CT molecular complexity index is 387. The molecule has 1 aromatic heterocycles. The Hall–Kier alpha value is -0.0600. The van der Waals surface area contributed by atoms with Gasteiger partial charge < -0.3 is 0 Å². The first-order valence-corrected chi connectivity index (χ1v) is 8.36. The molecule has 1 aliphatic rings. The van der Waals surface area contributed by atoms with Crippen LogP contribution in [0, 0.1) is 5.92 Å². The van der Waals surface area contributed by atoms with Crippen LogP contribution in [0.4, 0.5) is 0 Å². The Kier molecular flexibility index (Phi) is 5.10. The SMILES string of the molecule is CC1CCCN(Cc2nc(C(C)C)c(CS)s2)C1. The average Bonchev–Trinajstić information content (AvgIpc) is 2.72. The molecule has 0 bridgehead atoms. The van der Waals surface area contributed by atoms with Crippen molar-refractivity contribution in [2.45, 2.75) is 51.8 Å². The highest BCUT2D eigenvalue weighted by atomic mass is 32.1. The van der Waals surface area contributed by atoms with Gasteiger partial charge in [0.15, 0.2) is 0 Å². The molecule has 4 heteroatoms. The molecule has 0 N–H and O–H groups in total. The highest BCUT2D eigenvalue weighted by Crippen LogP contribution is 2.28. The number of rotatable bonds is 4. The van der Waals surface area contributed by atoms with Gasteiger partial charge in [0.05, 0.1) is 12.2 Å². The molecule has 0 spiro atoms. The van der Waals surface area contributed by atoms with Gasteiger partial charge in [0.2, 0.25) is 0 Å². The molecule has 0 aromatic carbocycles. The lowest BCUT2D eigenvalue weighted by molar-refractivity contribution is 0.176. The van der Waals surface area contributed by atoms with Crippen LogP contribution in [0.3, 0.4) is 0 Å².